The highest BCUT2D eigenvalue weighted by Gasteiger charge is 2.50. The van der Waals surface area contributed by atoms with E-state index in [2.05, 4.69) is 19.9 Å². The van der Waals surface area contributed by atoms with Gasteiger partial charge < -0.3 is 20.1 Å². The first kappa shape index (κ1) is 28.6. The zero-order valence-electron chi connectivity index (χ0n) is 23.6. The summed E-state index contributed by atoms with van der Waals surface area (Å²) in [7, 11) is 1.80. The van der Waals surface area contributed by atoms with E-state index in [0.29, 0.717) is 25.2 Å². The number of nitrogen functional groups attached to an aromatic ring is 1. The first-order valence-electron chi connectivity index (χ1n) is 14.4. The van der Waals surface area contributed by atoms with Crippen molar-refractivity contribution in [3.8, 4) is 23.0 Å². The molecule has 43 heavy (non-hydrogen) atoms. The number of benzene rings is 1. The van der Waals surface area contributed by atoms with E-state index in [1.165, 1.54) is 6.92 Å². The molecule has 1 aromatic carbocycles. The maximum absolute atomic E-state index is 16.7. The summed E-state index contributed by atoms with van der Waals surface area (Å²) < 4.78 is 86.5. The number of hydrogen-bond acceptors (Lipinski definition) is 8. The highest BCUT2D eigenvalue weighted by Crippen LogP contribution is 2.52. The molecule has 8 nitrogen and oxygen atoms in total. The summed E-state index contributed by atoms with van der Waals surface area (Å²) >= 11 is 6.77. The Balaban J connectivity index is 1.44. The predicted molar refractivity (Wildman–Crippen MR) is 151 cm³/mol. The molecule has 0 amide bonds. The summed E-state index contributed by atoms with van der Waals surface area (Å²) in [5, 5.41) is -0.233. The normalized spacial score (nSPS) is 26.9. The van der Waals surface area contributed by atoms with Crippen LogP contribution in [0.15, 0.2) is 6.07 Å². The van der Waals surface area contributed by atoms with Crippen LogP contribution in [0.25, 0.3) is 22.2 Å². The molecule has 7 rings (SSSR count). The molecule has 5 heterocycles. The third-order valence-corrected chi connectivity index (χ3v) is 9.81. The van der Waals surface area contributed by atoms with E-state index in [1.807, 2.05) is 4.90 Å². The standard InChI is InChI=1S/C29H30ClF5N6O2/c1-13-9-17(36)37-23(20(13)29(33,34)35)18-21(30)25-19-24(22(18)32)38-27(39-26(19)40(2)15-5-3-6-16(15)43-25)42-12-28-7-4-8-41(28)11-14(31)10-28/h9,14-16H,3-8,10-12H2,1-2H3,(H2,36,37)/t14-,15?,16?,28+/m1/s1. The summed E-state index contributed by atoms with van der Waals surface area (Å²) in [5.41, 5.74) is 2.27. The number of likely N-dealkylation sites (N-methyl/N-ethyl adjacent to an activating group) is 1. The van der Waals surface area contributed by atoms with Crippen molar-refractivity contribution in [2.75, 3.05) is 37.4 Å². The Kier molecular flexibility index (Phi) is 6.59. The van der Waals surface area contributed by atoms with Gasteiger partial charge in [0.15, 0.2) is 11.6 Å². The lowest BCUT2D eigenvalue weighted by Crippen LogP contribution is -2.43. The number of nitrogens with zero attached hydrogens (tertiary/aromatic N) is 5. The van der Waals surface area contributed by atoms with Crippen LogP contribution in [-0.2, 0) is 6.18 Å². The van der Waals surface area contributed by atoms with Gasteiger partial charge in [0.2, 0.25) is 0 Å². The molecule has 1 saturated carbocycles. The Labute approximate surface area is 249 Å². The second kappa shape index (κ2) is 9.91. The smallest absolute Gasteiger partial charge is 0.418 e. The van der Waals surface area contributed by atoms with Gasteiger partial charge in [-0.05, 0) is 57.2 Å². The maximum atomic E-state index is 16.7. The van der Waals surface area contributed by atoms with Crippen LogP contribution >= 0.6 is 11.6 Å². The van der Waals surface area contributed by atoms with Crippen molar-refractivity contribution in [1.29, 1.82) is 0 Å². The zero-order chi connectivity index (χ0) is 30.4. The van der Waals surface area contributed by atoms with Gasteiger partial charge in [0.25, 0.3) is 0 Å². The molecule has 3 aromatic rings. The van der Waals surface area contributed by atoms with Crippen LogP contribution in [-0.4, -0.2) is 70.5 Å². The van der Waals surface area contributed by atoms with Crippen LogP contribution in [0.3, 0.4) is 0 Å². The van der Waals surface area contributed by atoms with E-state index in [0.717, 1.165) is 38.3 Å². The molecule has 2 N–H and O–H groups in total. The SMILES string of the molecule is Cc1cc(N)nc(-c2c(Cl)c3c4c(nc(OC[C@@]56CCCN5C[C@H](F)C6)nc4c2F)N(C)C2CCCC2O3)c1C(F)(F)F. The van der Waals surface area contributed by atoms with E-state index in [-0.39, 0.29) is 57.8 Å². The van der Waals surface area contributed by atoms with Crippen LogP contribution in [0.2, 0.25) is 5.02 Å². The Morgan fingerprint density at radius 2 is 2.00 bits per heavy atom. The van der Waals surface area contributed by atoms with Crippen molar-refractivity contribution in [1.82, 2.24) is 19.9 Å². The summed E-state index contributed by atoms with van der Waals surface area (Å²) in [6.45, 7) is 2.40. The fourth-order valence-electron chi connectivity index (χ4n) is 7.55. The van der Waals surface area contributed by atoms with Crippen molar-refractivity contribution in [3.63, 3.8) is 0 Å². The Morgan fingerprint density at radius 1 is 1.21 bits per heavy atom. The second-order valence-electron chi connectivity index (χ2n) is 12.1. The van der Waals surface area contributed by atoms with Crippen molar-refractivity contribution in [3.05, 3.63) is 28.0 Å². The van der Waals surface area contributed by atoms with Crippen molar-refractivity contribution in [2.24, 2.45) is 0 Å². The first-order valence-corrected chi connectivity index (χ1v) is 14.7. The molecule has 4 aliphatic rings. The van der Waals surface area contributed by atoms with E-state index in [9.17, 15) is 17.6 Å². The number of nitrogens with two attached hydrogens (primary N) is 1. The Morgan fingerprint density at radius 3 is 2.77 bits per heavy atom. The third kappa shape index (κ3) is 4.44. The molecule has 0 bridgehead atoms. The number of halogens is 6. The molecule has 14 heteroatoms. The minimum absolute atomic E-state index is 0.0116. The van der Waals surface area contributed by atoms with Gasteiger partial charge in [-0.3, -0.25) is 4.90 Å². The average Bonchev–Trinajstić information content (AvgIpc) is 3.60. The van der Waals surface area contributed by atoms with E-state index in [4.69, 9.17) is 26.8 Å². The summed E-state index contributed by atoms with van der Waals surface area (Å²) in [4.78, 5) is 16.9. The van der Waals surface area contributed by atoms with Gasteiger partial charge in [0, 0.05) is 20.0 Å². The van der Waals surface area contributed by atoms with E-state index in [1.54, 1.807) is 7.05 Å². The number of pyridine rings is 1. The fraction of sp³-hybridized carbons (Fsp3) is 0.552. The number of rotatable bonds is 4. The second-order valence-corrected chi connectivity index (χ2v) is 12.5. The zero-order valence-corrected chi connectivity index (χ0v) is 24.3. The number of alkyl halides is 4. The molecule has 4 atom stereocenters. The van der Waals surface area contributed by atoms with E-state index < -0.39 is 40.5 Å². The van der Waals surface area contributed by atoms with Crippen molar-refractivity contribution in [2.45, 2.75) is 75.5 Å². The third-order valence-electron chi connectivity index (χ3n) is 9.45. The maximum Gasteiger partial charge on any atom is 0.418 e. The molecule has 230 valence electrons. The van der Waals surface area contributed by atoms with Crippen LogP contribution in [0.4, 0.5) is 33.6 Å². The number of aromatic nitrogens is 3. The lowest BCUT2D eigenvalue weighted by molar-refractivity contribution is -0.137. The summed E-state index contributed by atoms with van der Waals surface area (Å²) in [5.74, 6) is -1.08. The van der Waals surface area contributed by atoms with E-state index >= 15 is 4.39 Å². The quantitative estimate of drug-likeness (QED) is 0.349. The summed E-state index contributed by atoms with van der Waals surface area (Å²) in [6.07, 6.45) is -2.02. The Hall–Kier alpha value is -3.19. The number of aryl methyl sites for hydroxylation is 1. The minimum Gasteiger partial charge on any atom is -0.486 e. The van der Waals surface area contributed by atoms with Crippen LogP contribution in [0.1, 0.15) is 49.7 Å². The fourth-order valence-corrected chi connectivity index (χ4v) is 7.86. The van der Waals surface area contributed by atoms with Crippen LogP contribution < -0.4 is 20.1 Å². The van der Waals surface area contributed by atoms with Crippen molar-refractivity contribution < 1.29 is 31.4 Å². The highest BCUT2D eigenvalue weighted by molar-refractivity contribution is 6.36. The lowest BCUT2D eigenvalue weighted by atomic mass is 9.95. The molecule has 2 unspecified atom stereocenters. The molecule has 2 aromatic heterocycles. The predicted octanol–water partition coefficient (Wildman–Crippen LogP) is 6.10. The topological polar surface area (TPSA) is 89.6 Å². The Bertz CT molecular complexity index is 1640. The van der Waals surface area contributed by atoms with Crippen LogP contribution in [0.5, 0.6) is 11.8 Å². The van der Waals surface area contributed by atoms with Crippen molar-refractivity contribution >= 4 is 34.1 Å². The monoisotopic (exact) mass is 624 g/mol. The molecule has 3 aliphatic heterocycles. The summed E-state index contributed by atoms with van der Waals surface area (Å²) in [6, 6.07) is 0.761. The van der Waals surface area contributed by atoms with Gasteiger partial charge >= 0.3 is 12.2 Å². The molecular weight excluding hydrogens is 595 g/mol. The molecule has 0 radical (unpaired) electrons. The van der Waals surface area contributed by atoms with Gasteiger partial charge in [0.05, 0.1) is 38.8 Å². The number of hydrogen-bond donors (Lipinski definition) is 1. The highest BCUT2D eigenvalue weighted by atomic mass is 35.5. The van der Waals surface area contributed by atoms with Gasteiger partial charge in [-0.25, -0.2) is 13.8 Å². The number of fused-ring (bicyclic) bond motifs is 2. The average molecular weight is 625 g/mol. The number of ether oxygens (including phenoxy) is 2. The minimum atomic E-state index is -4.89. The number of anilines is 2. The molecule has 3 fully saturated rings. The molecule has 1 aliphatic carbocycles. The lowest BCUT2D eigenvalue weighted by Gasteiger charge is -2.31. The van der Waals surface area contributed by atoms with Gasteiger partial charge in [-0.15, -0.1) is 0 Å². The van der Waals surface area contributed by atoms with Gasteiger partial charge in [-0.1, -0.05) is 11.6 Å². The largest absolute Gasteiger partial charge is 0.486 e. The van der Waals surface area contributed by atoms with Crippen LogP contribution in [0, 0.1) is 12.7 Å². The molecular formula is C29H30ClF5N6O2. The van der Waals surface area contributed by atoms with Gasteiger partial charge in [-0.2, -0.15) is 23.1 Å². The molecule has 0 spiro atoms. The molecule has 2 saturated heterocycles. The first-order chi connectivity index (χ1) is 20.4. The van der Waals surface area contributed by atoms with Gasteiger partial charge in [0.1, 0.15) is 36.0 Å².